The number of hydrogen-bond acceptors (Lipinski definition) is 9. The number of aliphatic hydroxyl groups is 3. The van der Waals surface area contributed by atoms with E-state index in [-0.39, 0.29) is 42.8 Å². The zero-order chi connectivity index (χ0) is 25.5. The van der Waals surface area contributed by atoms with Crippen molar-refractivity contribution in [2.45, 2.75) is 88.7 Å². The molecule has 0 spiro atoms. The Morgan fingerprint density at radius 2 is 1.85 bits per heavy atom. The van der Waals surface area contributed by atoms with Crippen molar-refractivity contribution >= 4 is 7.60 Å². The summed E-state index contributed by atoms with van der Waals surface area (Å²) in [5.74, 6) is -0.780. The van der Waals surface area contributed by atoms with Gasteiger partial charge in [0.25, 0.3) is 5.56 Å². The molecule has 3 aliphatic rings. The number of aromatic nitrogens is 3. The number of rotatable bonds is 9. The van der Waals surface area contributed by atoms with Crippen molar-refractivity contribution in [3.8, 4) is 11.5 Å². The second kappa shape index (κ2) is 9.69. The molecular weight excluding hydrogens is 472 g/mol. The predicted octanol–water partition coefficient (Wildman–Crippen LogP) is 1.84. The van der Waals surface area contributed by atoms with Gasteiger partial charge in [-0.2, -0.15) is 9.37 Å². The molecule has 11 nitrogen and oxygen atoms in total. The van der Waals surface area contributed by atoms with E-state index in [0.717, 1.165) is 6.20 Å². The van der Waals surface area contributed by atoms with Crippen molar-refractivity contribution in [3.05, 3.63) is 34.1 Å². The Morgan fingerprint density at radius 1 is 1.21 bits per heavy atom. The smallest absolute Gasteiger partial charge is 0.359 e. The molecule has 0 amide bonds. The standard InChI is InChI=1S/C21H31FN3O8P/c1-5-20(4,33-34(30,31)21(29,6-2)7-3)9-13-15(26)16(27)17(32-13)11-8-12-18(25-19(11)28)23-10-14(22)24-12/h8,10,13,15-17,26-27,29H,5-7,9H2,1-4H3,(H,30,31)(H,23,25,28)/t13-,15?,16+,17+,20?/m1/s1. The maximum atomic E-state index is 13.5. The molecule has 0 aliphatic carbocycles. The highest BCUT2D eigenvalue weighted by atomic mass is 31.2. The number of halogens is 1. The lowest BCUT2D eigenvalue weighted by molar-refractivity contribution is -0.0545. The zero-order valence-corrected chi connectivity index (χ0v) is 20.3. The summed E-state index contributed by atoms with van der Waals surface area (Å²) in [4.78, 5) is 33.0. The lowest BCUT2D eigenvalue weighted by atomic mass is 9.92. The number of aromatic amines is 1. The minimum atomic E-state index is -4.51. The van der Waals surface area contributed by atoms with Gasteiger partial charge in [0.05, 0.1) is 23.5 Å². The maximum absolute atomic E-state index is 13.5. The molecule has 0 aromatic carbocycles. The first kappa shape index (κ1) is 26.8. The Kier molecular flexibility index (Phi) is 7.64. The molecule has 3 aliphatic heterocycles. The van der Waals surface area contributed by atoms with Crippen LogP contribution in [0, 0.1) is 5.95 Å². The number of ether oxygens (including phenoxy) is 1. The lowest BCUT2D eigenvalue weighted by Gasteiger charge is -2.38. The minimum Gasteiger partial charge on any atom is -0.388 e. The Morgan fingerprint density at radius 3 is 2.44 bits per heavy atom. The molecule has 3 rings (SSSR count). The number of aliphatic hydroxyl groups excluding tert-OH is 2. The third-order valence-electron chi connectivity index (χ3n) is 6.60. The van der Waals surface area contributed by atoms with E-state index in [4.69, 9.17) is 9.26 Å². The molecule has 0 radical (unpaired) electrons. The number of pyridine rings is 1. The Hall–Kier alpha value is -1.79. The first-order valence-electron chi connectivity index (χ1n) is 11.1. The summed E-state index contributed by atoms with van der Waals surface area (Å²) >= 11 is 0. The van der Waals surface area contributed by atoms with Gasteiger partial charge in [-0.25, -0.2) is 4.98 Å². The molecule has 0 aromatic heterocycles. The van der Waals surface area contributed by atoms with E-state index >= 15 is 0 Å². The first-order chi connectivity index (χ1) is 15.8. The van der Waals surface area contributed by atoms with Crippen LogP contribution in [0.5, 0.6) is 0 Å². The third kappa shape index (κ3) is 4.94. The van der Waals surface area contributed by atoms with Crippen LogP contribution in [-0.4, -0.2) is 64.4 Å². The molecule has 3 heterocycles. The van der Waals surface area contributed by atoms with Crippen LogP contribution < -0.4 is 5.56 Å². The highest BCUT2D eigenvalue weighted by Crippen LogP contribution is 2.60. The van der Waals surface area contributed by atoms with Crippen LogP contribution >= 0.6 is 7.60 Å². The van der Waals surface area contributed by atoms with Gasteiger partial charge in [-0.05, 0) is 32.3 Å². The van der Waals surface area contributed by atoms with E-state index in [1.807, 2.05) is 0 Å². The largest absolute Gasteiger partial charge is 0.388 e. The molecule has 0 aromatic rings. The lowest BCUT2D eigenvalue weighted by Crippen LogP contribution is -2.40. The van der Waals surface area contributed by atoms with E-state index in [1.165, 1.54) is 13.0 Å². The van der Waals surface area contributed by atoms with Crippen molar-refractivity contribution in [1.29, 1.82) is 0 Å². The van der Waals surface area contributed by atoms with Crippen molar-refractivity contribution in [2.24, 2.45) is 0 Å². The van der Waals surface area contributed by atoms with Crippen molar-refractivity contribution in [3.63, 3.8) is 0 Å². The van der Waals surface area contributed by atoms with E-state index in [1.54, 1.807) is 20.8 Å². The van der Waals surface area contributed by atoms with Crippen LogP contribution in [0.1, 0.15) is 65.0 Å². The van der Waals surface area contributed by atoms with E-state index in [2.05, 4.69) is 15.0 Å². The summed E-state index contributed by atoms with van der Waals surface area (Å²) in [6.07, 6.45) is -4.33. The van der Waals surface area contributed by atoms with E-state index in [0.29, 0.717) is 0 Å². The van der Waals surface area contributed by atoms with Gasteiger partial charge >= 0.3 is 7.60 Å². The Balaban J connectivity index is 1.87. The fourth-order valence-corrected chi connectivity index (χ4v) is 5.82. The van der Waals surface area contributed by atoms with Gasteiger partial charge in [-0.3, -0.25) is 9.36 Å². The van der Waals surface area contributed by atoms with Crippen molar-refractivity contribution < 1.29 is 38.4 Å². The summed E-state index contributed by atoms with van der Waals surface area (Å²) in [5, 5.41) is 29.9. The molecule has 1 saturated heterocycles. The molecule has 0 saturated carbocycles. The van der Waals surface area contributed by atoms with Crippen molar-refractivity contribution in [1.82, 2.24) is 15.0 Å². The van der Waals surface area contributed by atoms with E-state index < -0.39 is 54.5 Å². The molecule has 3 unspecified atom stereocenters. The monoisotopic (exact) mass is 503 g/mol. The summed E-state index contributed by atoms with van der Waals surface area (Å²) in [7, 11) is -4.51. The Labute approximate surface area is 195 Å². The van der Waals surface area contributed by atoms with Crippen molar-refractivity contribution in [2.75, 3.05) is 0 Å². The molecular formula is C21H31FN3O8P. The maximum Gasteiger partial charge on any atom is 0.359 e. The number of fused-ring (bicyclic) bond motifs is 1. The average molecular weight is 503 g/mol. The molecule has 34 heavy (non-hydrogen) atoms. The normalized spacial score (nSPS) is 27.0. The third-order valence-corrected chi connectivity index (χ3v) is 8.98. The second-order valence-electron chi connectivity index (χ2n) is 8.86. The number of nitrogens with zero attached hydrogens (tertiary/aromatic N) is 2. The van der Waals surface area contributed by atoms with Gasteiger partial charge in [0.15, 0.2) is 11.2 Å². The van der Waals surface area contributed by atoms with Gasteiger partial charge in [-0.15, -0.1) is 0 Å². The van der Waals surface area contributed by atoms with Crippen LogP contribution in [0.15, 0.2) is 17.1 Å². The van der Waals surface area contributed by atoms with Crippen LogP contribution in [0.4, 0.5) is 4.39 Å². The average Bonchev–Trinajstić information content (AvgIpc) is 3.05. The zero-order valence-electron chi connectivity index (χ0n) is 19.4. The highest BCUT2D eigenvalue weighted by molar-refractivity contribution is 7.54. The topological polar surface area (TPSA) is 175 Å². The second-order valence-corrected chi connectivity index (χ2v) is 10.9. The fourth-order valence-electron chi connectivity index (χ4n) is 4.05. The van der Waals surface area contributed by atoms with E-state index in [9.17, 15) is 34.0 Å². The van der Waals surface area contributed by atoms with Crippen LogP contribution in [-0.2, 0) is 13.8 Å². The molecule has 6 atom stereocenters. The van der Waals surface area contributed by atoms with Gasteiger partial charge in [0.2, 0.25) is 5.95 Å². The summed E-state index contributed by atoms with van der Waals surface area (Å²) < 4.78 is 37.8. The van der Waals surface area contributed by atoms with Gasteiger partial charge in [-0.1, -0.05) is 20.8 Å². The van der Waals surface area contributed by atoms with Gasteiger partial charge in [0.1, 0.15) is 24.0 Å². The first-order valence-corrected chi connectivity index (χ1v) is 12.7. The molecule has 13 heteroatoms. The number of nitrogens with one attached hydrogen (secondary N) is 1. The quantitative estimate of drug-likeness (QED) is 0.318. The van der Waals surface area contributed by atoms with Crippen LogP contribution in [0.3, 0.4) is 0 Å². The highest BCUT2D eigenvalue weighted by Gasteiger charge is 2.51. The van der Waals surface area contributed by atoms with Crippen LogP contribution in [0.25, 0.3) is 11.5 Å². The van der Waals surface area contributed by atoms with Gasteiger partial charge < -0.3 is 34.5 Å². The molecule has 1 fully saturated rings. The summed E-state index contributed by atoms with van der Waals surface area (Å²) in [5.41, 5.74) is -2.15. The molecule has 5 N–H and O–H groups in total. The van der Waals surface area contributed by atoms with Crippen LogP contribution in [0.2, 0.25) is 0 Å². The molecule has 0 bridgehead atoms. The summed E-state index contributed by atoms with van der Waals surface area (Å²) in [6, 6.07) is 1.23. The Bertz CT molecular complexity index is 1100. The number of hydrogen-bond donors (Lipinski definition) is 5. The number of H-pyrrole nitrogens is 1. The minimum absolute atomic E-state index is 0.00624. The van der Waals surface area contributed by atoms with Gasteiger partial charge in [0, 0.05) is 6.42 Å². The fraction of sp³-hybridized carbons (Fsp3) is 0.667. The SMILES string of the molecule is CCC(C)(C[C@H]1O[C@@H](c2cc3nc(F)c[nH]c-3nc2=O)[C@@H](O)C1O)OP(=O)(O)C(O)(CC)CC. The predicted molar refractivity (Wildman–Crippen MR) is 119 cm³/mol. The molecule has 190 valence electrons. The summed E-state index contributed by atoms with van der Waals surface area (Å²) in [6.45, 7) is 6.38.